The summed E-state index contributed by atoms with van der Waals surface area (Å²) in [4.78, 5) is 0. The number of thiol groups is 1. The van der Waals surface area contributed by atoms with Gasteiger partial charge in [-0.3, -0.25) is 0 Å². The first-order chi connectivity index (χ1) is 3.84. The third-order valence-corrected chi connectivity index (χ3v) is 1.12. The Kier molecular flexibility index (Phi) is 1.58. The van der Waals surface area contributed by atoms with Gasteiger partial charge in [0, 0.05) is 6.07 Å². The average Bonchev–Trinajstić information content (AvgIpc) is 2.14. The number of hydrogen-bond acceptors (Lipinski definition) is 2. The second-order valence-electron chi connectivity index (χ2n) is 1.35. The summed E-state index contributed by atoms with van der Waals surface area (Å²) in [5.74, 6) is 0.298. The van der Waals surface area contributed by atoms with E-state index in [4.69, 9.17) is 0 Å². The van der Waals surface area contributed by atoms with Crippen molar-refractivity contribution in [3.05, 3.63) is 23.9 Å². The number of hydrogen-bond donors (Lipinski definition) is 1. The zero-order valence-corrected chi connectivity index (χ0v) is 4.99. The van der Waals surface area contributed by atoms with Crippen LogP contribution in [0.1, 0.15) is 5.76 Å². The molecular weight excluding hydrogens is 127 g/mol. The van der Waals surface area contributed by atoms with E-state index >= 15 is 0 Å². The Balaban J connectivity index is 2.92. The minimum atomic E-state index is -0.319. The topological polar surface area (TPSA) is 13.1 Å². The largest absolute Gasteiger partial charge is 0.465 e. The Bertz CT molecular complexity index is 173. The highest BCUT2D eigenvalue weighted by atomic mass is 32.1. The van der Waals surface area contributed by atoms with Crippen LogP contribution in [0.15, 0.2) is 16.7 Å². The fraction of sp³-hybridized carbons (Fsp3) is 0.200. The van der Waals surface area contributed by atoms with E-state index in [1.807, 2.05) is 0 Å². The quantitative estimate of drug-likeness (QED) is 0.575. The predicted molar refractivity (Wildman–Crippen MR) is 31.4 cm³/mol. The van der Waals surface area contributed by atoms with Crippen molar-refractivity contribution in [2.24, 2.45) is 0 Å². The van der Waals surface area contributed by atoms with Crippen molar-refractivity contribution < 1.29 is 8.81 Å². The van der Waals surface area contributed by atoms with Crippen LogP contribution < -0.4 is 0 Å². The van der Waals surface area contributed by atoms with Gasteiger partial charge in [-0.25, -0.2) is 4.39 Å². The van der Waals surface area contributed by atoms with E-state index in [2.05, 4.69) is 17.0 Å². The molecule has 0 aliphatic heterocycles. The van der Waals surface area contributed by atoms with Gasteiger partial charge in [0.1, 0.15) is 5.76 Å². The summed E-state index contributed by atoms with van der Waals surface area (Å²) in [5, 5.41) is 0. The molecule has 0 N–H and O–H groups in total. The molecule has 1 rings (SSSR count). The molecule has 0 saturated carbocycles. The summed E-state index contributed by atoms with van der Waals surface area (Å²) in [6.07, 6.45) is 1.31. The van der Waals surface area contributed by atoms with Crippen LogP contribution >= 0.6 is 12.6 Å². The maximum Gasteiger partial charge on any atom is 0.165 e. The van der Waals surface area contributed by atoms with E-state index in [0.717, 1.165) is 0 Å². The highest BCUT2D eigenvalue weighted by molar-refractivity contribution is 7.79. The minimum absolute atomic E-state index is 0.299. The lowest BCUT2D eigenvalue weighted by Crippen LogP contribution is -1.73. The molecule has 3 heteroatoms. The molecule has 0 amide bonds. The van der Waals surface area contributed by atoms with Gasteiger partial charge in [-0.2, -0.15) is 12.6 Å². The number of rotatable bonds is 1. The Hall–Kier alpha value is -0.440. The number of furan rings is 1. The van der Waals surface area contributed by atoms with E-state index in [0.29, 0.717) is 11.5 Å². The van der Waals surface area contributed by atoms with Crippen molar-refractivity contribution in [1.29, 1.82) is 0 Å². The van der Waals surface area contributed by atoms with Crippen molar-refractivity contribution in [1.82, 2.24) is 0 Å². The van der Waals surface area contributed by atoms with E-state index in [9.17, 15) is 4.39 Å². The van der Waals surface area contributed by atoms with Crippen LogP contribution in [0, 0.1) is 5.82 Å². The molecule has 0 saturated heterocycles. The van der Waals surface area contributed by atoms with Gasteiger partial charge >= 0.3 is 0 Å². The fourth-order valence-corrected chi connectivity index (χ4v) is 0.664. The van der Waals surface area contributed by atoms with Gasteiger partial charge < -0.3 is 4.42 Å². The first kappa shape index (κ1) is 5.69. The highest BCUT2D eigenvalue weighted by Gasteiger charge is 1.99. The maximum atomic E-state index is 12.2. The molecule has 1 aromatic rings. The van der Waals surface area contributed by atoms with Crippen molar-refractivity contribution in [2.45, 2.75) is 5.75 Å². The average molecular weight is 132 g/mol. The summed E-state index contributed by atoms with van der Waals surface area (Å²) >= 11 is 3.81. The molecule has 0 aliphatic carbocycles. The van der Waals surface area contributed by atoms with Gasteiger partial charge in [-0.05, 0) is 0 Å². The van der Waals surface area contributed by atoms with E-state index < -0.39 is 0 Å². The lowest BCUT2D eigenvalue weighted by molar-refractivity contribution is 0.494. The normalized spacial score (nSPS) is 9.75. The second kappa shape index (κ2) is 2.22. The lowest BCUT2D eigenvalue weighted by atomic mass is 10.5. The Morgan fingerprint density at radius 2 is 2.50 bits per heavy atom. The molecule has 0 aromatic carbocycles. The molecule has 1 nitrogen and oxygen atoms in total. The molecule has 0 atom stereocenters. The Morgan fingerprint density at radius 1 is 1.75 bits per heavy atom. The van der Waals surface area contributed by atoms with Crippen molar-refractivity contribution in [2.75, 3.05) is 0 Å². The first-order valence-corrected chi connectivity index (χ1v) is 2.80. The van der Waals surface area contributed by atoms with Crippen LogP contribution in [0.4, 0.5) is 4.39 Å². The smallest absolute Gasteiger partial charge is 0.165 e. The van der Waals surface area contributed by atoms with Crippen molar-refractivity contribution in [3.63, 3.8) is 0 Å². The van der Waals surface area contributed by atoms with Crippen LogP contribution in [0.25, 0.3) is 0 Å². The molecule has 0 radical (unpaired) electrons. The molecule has 1 heterocycles. The van der Waals surface area contributed by atoms with Gasteiger partial charge in [0.2, 0.25) is 0 Å². The molecule has 8 heavy (non-hydrogen) atoms. The molecule has 0 spiro atoms. The summed E-state index contributed by atoms with van der Waals surface area (Å²) in [6, 6.07) is 1.27. The SMILES string of the molecule is Fc1ccoc1CS. The van der Waals surface area contributed by atoms with Gasteiger partial charge in [0.05, 0.1) is 12.0 Å². The van der Waals surface area contributed by atoms with Crippen molar-refractivity contribution >= 4 is 12.6 Å². The molecule has 1 aromatic heterocycles. The van der Waals surface area contributed by atoms with Crippen LogP contribution in [-0.4, -0.2) is 0 Å². The van der Waals surface area contributed by atoms with Gasteiger partial charge in [0.15, 0.2) is 5.82 Å². The van der Waals surface area contributed by atoms with Gasteiger partial charge in [0.25, 0.3) is 0 Å². The van der Waals surface area contributed by atoms with Crippen LogP contribution in [0.5, 0.6) is 0 Å². The predicted octanol–water partition coefficient (Wildman–Crippen LogP) is 1.85. The van der Waals surface area contributed by atoms with Gasteiger partial charge in [-0.1, -0.05) is 0 Å². The molecule has 0 fully saturated rings. The minimum Gasteiger partial charge on any atom is -0.465 e. The summed E-state index contributed by atoms with van der Waals surface area (Å²) in [5.41, 5.74) is 0. The van der Waals surface area contributed by atoms with Crippen LogP contribution in [0.3, 0.4) is 0 Å². The van der Waals surface area contributed by atoms with E-state index in [1.54, 1.807) is 0 Å². The fourth-order valence-electron chi connectivity index (χ4n) is 0.438. The van der Waals surface area contributed by atoms with Crippen LogP contribution in [-0.2, 0) is 5.75 Å². The standard InChI is InChI=1S/C5H5FOS/c6-4-1-2-7-5(4)3-8/h1-2,8H,3H2. The number of halogens is 1. The summed E-state index contributed by atoms with van der Waals surface area (Å²) in [7, 11) is 0. The lowest BCUT2D eigenvalue weighted by Gasteiger charge is -1.83. The zero-order valence-electron chi connectivity index (χ0n) is 4.10. The maximum absolute atomic E-state index is 12.2. The second-order valence-corrected chi connectivity index (χ2v) is 1.67. The molecular formula is C5H5FOS. The third kappa shape index (κ3) is 0.865. The zero-order chi connectivity index (χ0) is 5.98. The molecule has 0 unspecified atom stereocenters. The van der Waals surface area contributed by atoms with E-state index in [-0.39, 0.29) is 5.82 Å². The first-order valence-electron chi connectivity index (χ1n) is 2.17. The van der Waals surface area contributed by atoms with E-state index in [1.165, 1.54) is 12.3 Å². The Labute approximate surface area is 51.9 Å². The van der Waals surface area contributed by atoms with Crippen LogP contribution in [0.2, 0.25) is 0 Å². The van der Waals surface area contributed by atoms with Crippen molar-refractivity contribution in [3.8, 4) is 0 Å². The third-order valence-electron chi connectivity index (χ3n) is 0.835. The molecule has 44 valence electrons. The summed E-state index contributed by atoms with van der Waals surface area (Å²) < 4.78 is 16.9. The Morgan fingerprint density at radius 3 is 2.75 bits per heavy atom. The summed E-state index contributed by atoms with van der Waals surface area (Å²) in [6.45, 7) is 0. The highest BCUT2D eigenvalue weighted by Crippen LogP contribution is 2.09. The monoisotopic (exact) mass is 132 g/mol. The van der Waals surface area contributed by atoms with Gasteiger partial charge in [-0.15, -0.1) is 0 Å². The molecule has 0 bridgehead atoms. The molecule has 0 aliphatic rings.